The first-order valence-electron chi connectivity index (χ1n) is 7.86. The minimum atomic E-state index is -0.599. The van der Waals surface area contributed by atoms with Gasteiger partial charge in [0.1, 0.15) is 11.5 Å². The summed E-state index contributed by atoms with van der Waals surface area (Å²) in [5.74, 6) is 0.342. The van der Waals surface area contributed by atoms with Crippen LogP contribution in [0, 0.1) is 0 Å². The number of ether oxygens (including phenoxy) is 3. The molecule has 1 rings (SSSR count). The highest BCUT2D eigenvalue weighted by atomic mass is 16.5. The van der Waals surface area contributed by atoms with Gasteiger partial charge in [-0.15, -0.1) is 0 Å². The van der Waals surface area contributed by atoms with Crippen molar-refractivity contribution in [1.29, 1.82) is 0 Å². The second-order valence-corrected chi connectivity index (χ2v) is 5.31. The third-order valence-electron chi connectivity index (χ3n) is 3.31. The van der Waals surface area contributed by atoms with Gasteiger partial charge in [0.15, 0.2) is 6.61 Å². The fourth-order valence-electron chi connectivity index (χ4n) is 2.13. The molecule has 0 spiro atoms. The number of hydrogen-bond acceptors (Lipinski definition) is 5. The van der Waals surface area contributed by atoms with Crippen molar-refractivity contribution >= 4 is 18.0 Å². The van der Waals surface area contributed by atoms with E-state index in [4.69, 9.17) is 14.2 Å². The van der Waals surface area contributed by atoms with E-state index < -0.39 is 5.97 Å². The molecule has 0 unspecified atom stereocenters. The summed E-state index contributed by atoms with van der Waals surface area (Å²) in [7, 11) is 3.10. The molecule has 1 aromatic rings. The van der Waals surface area contributed by atoms with E-state index in [1.165, 1.54) is 6.08 Å². The summed E-state index contributed by atoms with van der Waals surface area (Å²) >= 11 is 0. The lowest BCUT2D eigenvalue weighted by Gasteiger charge is -2.12. The van der Waals surface area contributed by atoms with Crippen molar-refractivity contribution in [2.75, 3.05) is 20.8 Å². The third-order valence-corrected chi connectivity index (χ3v) is 3.31. The average molecular weight is 335 g/mol. The van der Waals surface area contributed by atoms with Crippen LogP contribution in [0.4, 0.5) is 0 Å². The van der Waals surface area contributed by atoms with Gasteiger partial charge in [0.2, 0.25) is 0 Å². The van der Waals surface area contributed by atoms with Crippen molar-refractivity contribution in [2.24, 2.45) is 0 Å². The summed E-state index contributed by atoms with van der Waals surface area (Å²) in [6.07, 6.45) is 4.67. The number of esters is 1. The molecule has 1 aromatic carbocycles. The number of methoxy groups -OCH3 is 2. The Morgan fingerprint density at radius 3 is 2.62 bits per heavy atom. The second-order valence-electron chi connectivity index (χ2n) is 5.31. The van der Waals surface area contributed by atoms with Crippen molar-refractivity contribution in [3.05, 3.63) is 29.8 Å². The molecule has 0 heterocycles. The number of hydrogen-bond donors (Lipinski definition) is 1. The SMILES string of the molecule is CCC[C@H](C)NC(=O)COC(=O)/C=C/c1cc(OC)ccc1OC. The molecule has 24 heavy (non-hydrogen) atoms. The number of amides is 1. The molecule has 0 radical (unpaired) electrons. The van der Waals surface area contributed by atoms with Gasteiger partial charge in [0.05, 0.1) is 14.2 Å². The van der Waals surface area contributed by atoms with Gasteiger partial charge < -0.3 is 19.5 Å². The number of benzene rings is 1. The van der Waals surface area contributed by atoms with Gasteiger partial charge in [-0.2, -0.15) is 0 Å². The molecule has 0 fully saturated rings. The van der Waals surface area contributed by atoms with Gasteiger partial charge in [-0.25, -0.2) is 4.79 Å². The summed E-state index contributed by atoms with van der Waals surface area (Å²) in [5, 5.41) is 2.77. The predicted octanol–water partition coefficient (Wildman–Crippen LogP) is 2.57. The molecule has 0 saturated heterocycles. The molecule has 0 aliphatic heterocycles. The lowest BCUT2D eigenvalue weighted by atomic mass is 10.1. The number of nitrogens with one attached hydrogen (secondary N) is 1. The zero-order valence-electron chi connectivity index (χ0n) is 14.6. The largest absolute Gasteiger partial charge is 0.497 e. The minimum absolute atomic E-state index is 0.0674. The van der Waals surface area contributed by atoms with Crippen LogP contribution in [0.25, 0.3) is 6.08 Å². The van der Waals surface area contributed by atoms with Crippen LogP contribution >= 0.6 is 0 Å². The third kappa shape index (κ3) is 6.73. The van der Waals surface area contributed by atoms with Crippen LogP contribution < -0.4 is 14.8 Å². The summed E-state index contributed by atoms with van der Waals surface area (Å²) in [5.41, 5.74) is 0.676. The topological polar surface area (TPSA) is 73.9 Å². The maximum atomic E-state index is 11.7. The van der Waals surface area contributed by atoms with Crippen LogP contribution in [0.5, 0.6) is 11.5 Å². The normalized spacial score (nSPS) is 11.8. The average Bonchev–Trinajstić information content (AvgIpc) is 2.57. The summed E-state index contributed by atoms with van der Waals surface area (Å²) < 4.78 is 15.3. The lowest BCUT2D eigenvalue weighted by molar-refractivity contribution is -0.144. The number of rotatable bonds is 9. The molecule has 0 aliphatic rings. The van der Waals surface area contributed by atoms with Gasteiger partial charge in [-0.05, 0) is 37.6 Å². The molecule has 1 atom stereocenters. The van der Waals surface area contributed by atoms with Crippen molar-refractivity contribution < 1.29 is 23.8 Å². The van der Waals surface area contributed by atoms with Crippen LogP contribution in [-0.4, -0.2) is 38.7 Å². The first kappa shape index (κ1) is 19.5. The van der Waals surface area contributed by atoms with E-state index in [0.717, 1.165) is 12.8 Å². The molecule has 132 valence electrons. The molecule has 6 nitrogen and oxygen atoms in total. The Hall–Kier alpha value is -2.50. The Morgan fingerprint density at radius 1 is 1.25 bits per heavy atom. The monoisotopic (exact) mass is 335 g/mol. The Morgan fingerprint density at radius 2 is 2.00 bits per heavy atom. The molecule has 0 aliphatic carbocycles. The van der Waals surface area contributed by atoms with Crippen LogP contribution in [0.15, 0.2) is 24.3 Å². The predicted molar refractivity (Wildman–Crippen MR) is 92.1 cm³/mol. The highest BCUT2D eigenvalue weighted by Gasteiger charge is 2.09. The van der Waals surface area contributed by atoms with E-state index in [1.54, 1.807) is 38.5 Å². The summed E-state index contributed by atoms with van der Waals surface area (Å²) in [4.78, 5) is 23.4. The maximum absolute atomic E-state index is 11.7. The zero-order chi connectivity index (χ0) is 17.9. The van der Waals surface area contributed by atoms with Gasteiger partial charge in [0.25, 0.3) is 5.91 Å². The van der Waals surface area contributed by atoms with Crippen LogP contribution in [0.2, 0.25) is 0 Å². The van der Waals surface area contributed by atoms with Crippen molar-refractivity contribution in [1.82, 2.24) is 5.32 Å². The smallest absolute Gasteiger partial charge is 0.331 e. The van der Waals surface area contributed by atoms with Crippen molar-refractivity contribution in [3.8, 4) is 11.5 Å². The van der Waals surface area contributed by atoms with Gasteiger partial charge in [-0.1, -0.05) is 13.3 Å². The first-order chi connectivity index (χ1) is 11.5. The number of carbonyl (C=O) groups excluding carboxylic acids is 2. The fourth-order valence-corrected chi connectivity index (χ4v) is 2.13. The summed E-state index contributed by atoms with van der Waals surface area (Å²) in [6.45, 7) is 3.66. The van der Waals surface area contributed by atoms with E-state index in [9.17, 15) is 9.59 Å². The quantitative estimate of drug-likeness (QED) is 0.554. The Bertz CT molecular complexity index is 583. The van der Waals surface area contributed by atoms with Gasteiger partial charge in [-0.3, -0.25) is 4.79 Å². The van der Waals surface area contributed by atoms with Crippen LogP contribution in [-0.2, 0) is 14.3 Å². The first-order valence-corrected chi connectivity index (χ1v) is 7.86. The molecular weight excluding hydrogens is 310 g/mol. The molecule has 0 saturated carbocycles. The molecular formula is C18H25NO5. The molecule has 1 amide bonds. The Balaban J connectivity index is 2.55. The minimum Gasteiger partial charge on any atom is -0.497 e. The van der Waals surface area contributed by atoms with E-state index in [1.807, 2.05) is 13.8 Å². The Labute approximate surface area is 142 Å². The summed E-state index contributed by atoms with van der Waals surface area (Å²) in [6, 6.07) is 5.31. The molecule has 0 aromatic heterocycles. The Kier molecular flexibility index (Phi) is 8.39. The van der Waals surface area contributed by atoms with E-state index >= 15 is 0 Å². The van der Waals surface area contributed by atoms with Crippen molar-refractivity contribution in [3.63, 3.8) is 0 Å². The van der Waals surface area contributed by atoms with Gasteiger partial charge >= 0.3 is 5.97 Å². The van der Waals surface area contributed by atoms with Crippen molar-refractivity contribution in [2.45, 2.75) is 32.7 Å². The highest BCUT2D eigenvalue weighted by Crippen LogP contribution is 2.25. The van der Waals surface area contributed by atoms with Crippen LogP contribution in [0.3, 0.4) is 0 Å². The zero-order valence-corrected chi connectivity index (χ0v) is 14.6. The highest BCUT2D eigenvalue weighted by molar-refractivity contribution is 5.89. The fraction of sp³-hybridized carbons (Fsp3) is 0.444. The second kappa shape index (κ2) is 10.3. The van der Waals surface area contributed by atoms with E-state index in [0.29, 0.717) is 17.1 Å². The van der Waals surface area contributed by atoms with E-state index in [2.05, 4.69) is 5.32 Å². The lowest BCUT2D eigenvalue weighted by Crippen LogP contribution is -2.35. The molecule has 0 bridgehead atoms. The molecule has 1 N–H and O–H groups in total. The maximum Gasteiger partial charge on any atom is 0.331 e. The molecule has 6 heteroatoms. The standard InChI is InChI=1S/C18H25NO5/c1-5-6-13(2)19-17(20)12-24-18(21)10-7-14-11-15(22-3)8-9-16(14)23-4/h7-11,13H,5-6,12H2,1-4H3,(H,19,20)/b10-7+/t13-/m0/s1. The number of carbonyl (C=O) groups is 2. The van der Waals surface area contributed by atoms with Gasteiger partial charge in [0, 0.05) is 17.7 Å². The van der Waals surface area contributed by atoms with E-state index in [-0.39, 0.29) is 18.6 Å². The van der Waals surface area contributed by atoms with Crippen LogP contribution in [0.1, 0.15) is 32.3 Å².